The first-order valence-electron chi connectivity index (χ1n) is 2.95. The smallest absolute Gasteiger partial charge is 0.139 e. The second-order valence-corrected chi connectivity index (χ2v) is 2.26. The lowest BCUT2D eigenvalue weighted by Crippen LogP contribution is -1.82. The van der Waals surface area contributed by atoms with Crippen molar-refractivity contribution in [3.63, 3.8) is 0 Å². The zero-order valence-corrected chi connectivity index (χ0v) is 6.63. The summed E-state index contributed by atoms with van der Waals surface area (Å²) >= 11 is 5.69. The van der Waals surface area contributed by atoms with E-state index in [2.05, 4.69) is 5.18 Å². The second kappa shape index (κ2) is 3.34. The Morgan fingerprint density at radius 1 is 1.55 bits per heavy atom. The average molecular weight is 172 g/mol. The molecule has 0 unspecified atom stereocenters. The molecule has 1 rings (SSSR count). The maximum Gasteiger partial charge on any atom is 0.139 e. The van der Waals surface area contributed by atoms with Crippen LogP contribution in [0.4, 0.5) is 5.69 Å². The highest BCUT2D eigenvalue weighted by Gasteiger charge is 2.04. The first-order chi connectivity index (χ1) is 5.29. The van der Waals surface area contributed by atoms with Crippen LogP contribution in [-0.4, -0.2) is 7.11 Å². The van der Waals surface area contributed by atoms with E-state index in [1.165, 1.54) is 13.2 Å². The zero-order valence-electron chi connectivity index (χ0n) is 5.87. The van der Waals surface area contributed by atoms with Crippen LogP contribution in [0, 0.1) is 4.91 Å². The molecule has 0 aliphatic heterocycles. The SMILES string of the molecule is COc1cccc(N=O)c1Cl. The van der Waals surface area contributed by atoms with E-state index in [0.29, 0.717) is 5.75 Å². The Balaban J connectivity index is 3.20. The molecule has 11 heavy (non-hydrogen) atoms. The number of nitrogens with zero attached hydrogens (tertiary/aromatic N) is 1. The normalized spacial score (nSPS) is 9.27. The van der Waals surface area contributed by atoms with Crippen LogP contribution in [-0.2, 0) is 0 Å². The van der Waals surface area contributed by atoms with E-state index in [9.17, 15) is 4.91 Å². The average Bonchev–Trinajstić information content (AvgIpc) is 2.05. The number of ether oxygens (including phenoxy) is 1. The highest BCUT2D eigenvalue weighted by atomic mass is 35.5. The minimum absolute atomic E-state index is 0.200. The first kappa shape index (κ1) is 8.01. The van der Waals surface area contributed by atoms with Gasteiger partial charge in [-0.3, -0.25) is 0 Å². The van der Waals surface area contributed by atoms with Gasteiger partial charge in [0.1, 0.15) is 16.5 Å². The van der Waals surface area contributed by atoms with E-state index >= 15 is 0 Å². The van der Waals surface area contributed by atoms with Gasteiger partial charge in [-0.25, -0.2) is 0 Å². The van der Waals surface area contributed by atoms with Gasteiger partial charge in [0.25, 0.3) is 0 Å². The van der Waals surface area contributed by atoms with Crippen molar-refractivity contribution in [2.45, 2.75) is 0 Å². The van der Waals surface area contributed by atoms with E-state index in [1.54, 1.807) is 12.1 Å². The van der Waals surface area contributed by atoms with Crippen LogP contribution < -0.4 is 4.74 Å². The summed E-state index contributed by atoms with van der Waals surface area (Å²) in [7, 11) is 1.48. The highest BCUT2D eigenvalue weighted by Crippen LogP contribution is 2.33. The molecular formula is C7H6ClNO2. The number of nitroso groups, excluding NO2 is 1. The number of rotatable bonds is 2. The fraction of sp³-hybridized carbons (Fsp3) is 0.143. The van der Waals surface area contributed by atoms with Gasteiger partial charge in [-0.1, -0.05) is 17.7 Å². The molecule has 0 aliphatic carbocycles. The molecule has 0 atom stereocenters. The highest BCUT2D eigenvalue weighted by molar-refractivity contribution is 6.34. The quantitative estimate of drug-likeness (QED) is 0.642. The lowest BCUT2D eigenvalue weighted by atomic mass is 10.3. The van der Waals surface area contributed by atoms with Crippen molar-refractivity contribution in [1.82, 2.24) is 0 Å². The fourth-order valence-corrected chi connectivity index (χ4v) is 0.965. The predicted molar refractivity (Wildman–Crippen MR) is 43.5 cm³/mol. The second-order valence-electron chi connectivity index (χ2n) is 1.88. The van der Waals surface area contributed by atoms with Gasteiger partial charge in [0.2, 0.25) is 0 Å². The van der Waals surface area contributed by atoms with Crippen LogP contribution in [0.3, 0.4) is 0 Å². The monoisotopic (exact) mass is 171 g/mol. The standard InChI is InChI=1S/C7H6ClNO2/c1-11-6-4-2-3-5(9-10)7(6)8/h2-4H,1H3. The molecule has 0 bridgehead atoms. The molecule has 3 nitrogen and oxygen atoms in total. The summed E-state index contributed by atoms with van der Waals surface area (Å²) in [5.41, 5.74) is 0.200. The summed E-state index contributed by atoms with van der Waals surface area (Å²) in [5.74, 6) is 0.462. The van der Waals surface area contributed by atoms with Gasteiger partial charge in [-0.15, -0.1) is 4.91 Å². The zero-order chi connectivity index (χ0) is 8.27. The van der Waals surface area contributed by atoms with Gasteiger partial charge in [-0.05, 0) is 17.3 Å². The van der Waals surface area contributed by atoms with E-state index in [-0.39, 0.29) is 10.7 Å². The molecule has 0 N–H and O–H groups in total. The Morgan fingerprint density at radius 3 is 2.82 bits per heavy atom. The molecule has 58 valence electrons. The van der Waals surface area contributed by atoms with E-state index in [1.807, 2.05) is 0 Å². The molecule has 0 saturated heterocycles. The minimum atomic E-state index is 0.200. The van der Waals surface area contributed by atoms with Crippen molar-refractivity contribution >= 4 is 17.3 Å². The largest absolute Gasteiger partial charge is 0.495 e. The third-order valence-corrected chi connectivity index (χ3v) is 1.64. The topological polar surface area (TPSA) is 38.7 Å². The molecule has 1 aromatic carbocycles. The van der Waals surface area contributed by atoms with Gasteiger partial charge in [0.05, 0.1) is 7.11 Å². The third kappa shape index (κ3) is 1.49. The number of hydrogen-bond acceptors (Lipinski definition) is 3. The van der Waals surface area contributed by atoms with Crippen LogP contribution in [0.15, 0.2) is 23.4 Å². The van der Waals surface area contributed by atoms with E-state index in [0.717, 1.165) is 0 Å². The van der Waals surface area contributed by atoms with Gasteiger partial charge in [0, 0.05) is 0 Å². The molecule has 1 aromatic rings. The molecule has 0 heterocycles. The Labute approximate surface area is 68.9 Å². The predicted octanol–water partition coefficient (Wildman–Crippen LogP) is 2.75. The van der Waals surface area contributed by atoms with Gasteiger partial charge >= 0.3 is 0 Å². The van der Waals surface area contributed by atoms with E-state index in [4.69, 9.17) is 16.3 Å². The molecule has 0 saturated carbocycles. The third-order valence-electron chi connectivity index (χ3n) is 1.26. The summed E-state index contributed by atoms with van der Waals surface area (Å²) in [4.78, 5) is 10.1. The molecule has 0 spiro atoms. The molecule has 0 radical (unpaired) electrons. The summed E-state index contributed by atoms with van der Waals surface area (Å²) in [5, 5.41) is 2.97. The number of halogens is 1. The molecule has 0 amide bonds. The van der Waals surface area contributed by atoms with Crippen LogP contribution in [0.1, 0.15) is 0 Å². The number of methoxy groups -OCH3 is 1. The fourth-order valence-electron chi connectivity index (χ4n) is 0.727. The molecular weight excluding hydrogens is 166 g/mol. The Kier molecular flexibility index (Phi) is 2.44. The summed E-state index contributed by atoms with van der Waals surface area (Å²) < 4.78 is 4.86. The van der Waals surface area contributed by atoms with Crippen LogP contribution in [0.25, 0.3) is 0 Å². The van der Waals surface area contributed by atoms with Gasteiger partial charge in [0.15, 0.2) is 0 Å². The molecule has 0 fully saturated rings. The van der Waals surface area contributed by atoms with E-state index < -0.39 is 0 Å². The molecule has 0 aliphatic rings. The lowest BCUT2D eigenvalue weighted by Gasteiger charge is -2.01. The summed E-state index contributed by atoms with van der Waals surface area (Å²) in [6.45, 7) is 0. The Morgan fingerprint density at radius 2 is 2.27 bits per heavy atom. The maximum atomic E-state index is 10.1. The van der Waals surface area contributed by atoms with Crippen LogP contribution in [0.5, 0.6) is 5.75 Å². The summed E-state index contributed by atoms with van der Waals surface area (Å²) in [6.07, 6.45) is 0. The van der Waals surface area contributed by atoms with Crippen molar-refractivity contribution in [3.05, 3.63) is 28.1 Å². The first-order valence-corrected chi connectivity index (χ1v) is 3.33. The molecule has 0 aromatic heterocycles. The van der Waals surface area contributed by atoms with Crippen molar-refractivity contribution in [3.8, 4) is 5.75 Å². The summed E-state index contributed by atoms with van der Waals surface area (Å²) in [6, 6.07) is 4.84. The van der Waals surface area contributed by atoms with Gasteiger partial charge < -0.3 is 4.74 Å². The molecule has 4 heteroatoms. The number of benzene rings is 1. The van der Waals surface area contributed by atoms with Crippen molar-refractivity contribution in [2.24, 2.45) is 5.18 Å². The number of hydrogen-bond donors (Lipinski definition) is 0. The van der Waals surface area contributed by atoms with Crippen molar-refractivity contribution < 1.29 is 4.74 Å². The van der Waals surface area contributed by atoms with Crippen molar-refractivity contribution in [1.29, 1.82) is 0 Å². The lowest BCUT2D eigenvalue weighted by molar-refractivity contribution is 0.415. The Hall–Kier alpha value is -1.09. The maximum absolute atomic E-state index is 10.1. The van der Waals surface area contributed by atoms with Crippen LogP contribution in [0.2, 0.25) is 5.02 Å². The Bertz CT molecular complexity index is 275. The van der Waals surface area contributed by atoms with Gasteiger partial charge in [-0.2, -0.15) is 0 Å². The minimum Gasteiger partial charge on any atom is -0.495 e. The van der Waals surface area contributed by atoms with Crippen molar-refractivity contribution in [2.75, 3.05) is 7.11 Å². The van der Waals surface area contributed by atoms with Crippen LogP contribution >= 0.6 is 11.6 Å².